The molecule has 0 bridgehead atoms. The molecule has 2 atom stereocenters. The van der Waals surface area contributed by atoms with Gasteiger partial charge in [0.15, 0.2) is 11.5 Å². The lowest BCUT2D eigenvalue weighted by Gasteiger charge is -2.27. The summed E-state index contributed by atoms with van der Waals surface area (Å²) < 4.78 is 14.1. The molecule has 3 heterocycles. The van der Waals surface area contributed by atoms with Gasteiger partial charge in [-0.1, -0.05) is 91.0 Å². The molecule has 3 aromatic carbocycles. The zero-order chi connectivity index (χ0) is 30.2. The van der Waals surface area contributed by atoms with Gasteiger partial charge >= 0.3 is 6.09 Å². The average molecular weight is 705 g/mol. The average Bonchev–Trinajstić information content (AvgIpc) is 3.56. The number of amides is 1. The molecule has 10 heteroatoms. The number of aromatic nitrogens is 4. The largest absolute Gasteiger partial charge is 0.444 e. The second-order valence-corrected chi connectivity index (χ2v) is 15.8. The highest BCUT2D eigenvalue weighted by molar-refractivity contribution is 14.1. The predicted octanol–water partition coefficient (Wildman–Crippen LogP) is 6.81. The van der Waals surface area contributed by atoms with Crippen LogP contribution in [0.2, 0.25) is 0 Å². The first-order valence-electron chi connectivity index (χ1n) is 14.3. The normalized spacial score (nSPS) is 17.3. The molecule has 0 unspecified atom stereocenters. The number of hydrogen-bond acceptors (Lipinski definition) is 6. The standard InChI is InChI=1S/C33H34IN6O2P/c1-23-20-24(21-39(23)32(41)42-33(2,3)4)40-31-28(29(34)37-40)30(35-22-36-31)38-43(25-14-8-5-9-15-25,26-16-10-6-11-17-26)27-18-12-7-13-19-27/h5-19,22-24H,20-21H2,1-4H3/t23-,24+/m0/s1. The van der Waals surface area contributed by atoms with Crippen LogP contribution < -0.4 is 15.9 Å². The van der Waals surface area contributed by atoms with Crippen molar-refractivity contribution in [3.05, 3.63) is 101 Å². The highest BCUT2D eigenvalue weighted by atomic mass is 127. The van der Waals surface area contributed by atoms with Gasteiger partial charge in [-0.05, 0) is 56.7 Å². The molecule has 5 aromatic rings. The Morgan fingerprint density at radius 1 is 0.907 bits per heavy atom. The third-order valence-electron chi connectivity index (χ3n) is 7.59. The molecule has 2 aromatic heterocycles. The molecule has 1 amide bonds. The molecule has 1 aliphatic rings. The van der Waals surface area contributed by atoms with E-state index in [9.17, 15) is 4.79 Å². The molecular weight excluding hydrogens is 670 g/mol. The topological polar surface area (TPSA) is 85.5 Å². The minimum atomic E-state index is -2.54. The number of carbonyl (C=O) groups is 1. The lowest BCUT2D eigenvalue weighted by molar-refractivity contribution is 0.0234. The third-order valence-corrected chi connectivity index (χ3v) is 12.0. The van der Waals surface area contributed by atoms with Gasteiger partial charge in [0.05, 0.1) is 18.5 Å². The van der Waals surface area contributed by atoms with E-state index in [0.717, 1.165) is 31.4 Å². The van der Waals surface area contributed by atoms with Crippen molar-refractivity contribution >= 4 is 68.5 Å². The summed E-state index contributed by atoms with van der Waals surface area (Å²) in [5, 5.41) is 9.19. The summed E-state index contributed by atoms with van der Waals surface area (Å²) in [6.07, 6.45) is 2.02. The van der Waals surface area contributed by atoms with E-state index in [4.69, 9.17) is 24.5 Å². The van der Waals surface area contributed by atoms with Crippen LogP contribution in [0.3, 0.4) is 0 Å². The highest BCUT2D eigenvalue weighted by Gasteiger charge is 2.38. The number of ether oxygens (including phenoxy) is 1. The fourth-order valence-electron chi connectivity index (χ4n) is 5.70. The summed E-state index contributed by atoms with van der Waals surface area (Å²) in [5.41, 5.74) is 0.159. The van der Waals surface area contributed by atoms with Crippen molar-refractivity contribution < 1.29 is 9.53 Å². The third kappa shape index (κ3) is 5.72. The van der Waals surface area contributed by atoms with Crippen LogP contribution in [0.25, 0.3) is 11.0 Å². The second kappa shape index (κ2) is 11.8. The van der Waals surface area contributed by atoms with Gasteiger partial charge < -0.3 is 9.64 Å². The van der Waals surface area contributed by atoms with Gasteiger partial charge in [0, 0.05) is 28.5 Å². The number of hydrogen-bond donors (Lipinski definition) is 0. The van der Waals surface area contributed by atoms with Gasteiger partial charge in [-0.2, -0.15) is 5.10 Å². The van der Waals surface area contributed by atoms with Crippen LogP contribution in [-0.2, 0) is 4.74 Å². The predicted molar refractivity (Wildman–Crippen MR) is 181 cm³/mol. The van der Waals surface area contributed by atoms with Gasteiger partial charge in [0.2, 0.25) is 0 Å². The van der Waals surface area contributed by atoms with Crippen LogP contribution in [0, 0.1) is 3.70 Å². The van der Waals surface area contributed by atoms with E-state index in [-0.39, 0.29) is 18.2 Å². The van der Waals surface area contributed by atoms with Gasteiger partial charge in [-0.15, -0.1) is 0 Å². The number of halogens is 1. The minimum Gasteiger partial charge on any atom is -0.444 e. The van der Waals surface area contributed by atoms with Crippen molar-refractivity contribution in [2.45, 2.75) is 51.8 Å². The molecule has 0 spiro atoms. The van der Waals surface area contributed by atoms with Crippen molar-refractivity contribution in [1.29, 1.82) is 0 Å². The minimum absolute atomic E-state index is 0.00979. The van der Waals surface area contributed by atoms with E-state index in [1.807, 2.05) is 43.7 Å². The Hall–Kier alpha value is -3.56. The molecule has 1 saturated heterocycles. The summed E-state index contributed by atoms with van der Waals surface area (Å²) in [6, 6.07) is 31.5. The van der Waals surface area contributed by atoms with E-state index in [0.29, 0.717) is 18.0 Å². The maximum Gasteiger partial charge on any atom is 0.410 e. The molecule has 0 radical (unpaired) electrons. The van der Waals surface area contributed by atoms with Gasteiger partial charge in [0.25, 0.3) is 0 Å². The number of carbonyl (C=O) groups excluding carboxylic acids is 1. The molecule has 0 saturated carbocycles. The van der Waals surface area contributed by atoms with E-state index >= 15 is 0 Å². The van der Waals surface area contributed by atoms with Crippen molar-refractivity contribution in [2.24, 2.45) is 4.74 Å². The lowest BCUT2D eigenvalue weighted by Crippen LogP contribution is -2.38. The van der Waals surface area contributed by atoms with Crippen LogP contribution in [0.4, 0.5) is 10.6 Å². The fourth-order valence-corrected chi connectivity index (χ4v) is 9.90. The van der Waals surface area contributed by atoms with Crippen LogP contribution >= 0.6 is 29.6 Å². The smallest absolute Gasteiger partial charge is 0.410 e. The zero-order valence-electron chi connectivity index (χ0n) is 24.6. The maximum atomic E-state index is 13.0. The summed E-state index contributed by atoms with van der Waals surface area (Å²) in [4.78, 5) is 24.2. The van der Waals surface area contributed by atoms with Gasteiger partial charge in [-0.25, -0.2) is 24.2 Å². The van der Waals surface area contributed by atoms with E-state index < -0.39 is 12.7 Å². The molecule has 220 valence electrons. The first-order valence-corrected chi connectivity index (χ1v) is 17.2. The van der Waals surface area contributed by atoms with Crippen molar-refractivity contribution in [2.75, 3.05) is 6.54 Å². The number of fused-ring (bicyclic) bond motifs is 1. The van der Waals surface area contributed by atoms with E-state index in [2.05, 4.69) is 102 Å². The zero-order valence-corrected chi connectivity index (χ0v) is 27.7. The molecule has 43 heavy (non-hydrogen) atoms. The molecular formula is C33H34IN6O2P. The van der Waals surface area contributed by atoms with Crippen LogP contribution in [0.5, 0.6) is 0 Å². The summed E-state index contributed by atoms with van der Waals surface area (Å²) in [6.45, 7) is 8.20. The second-order valence-electron chi connectivity index (χ2n) is 11.7. The quantitative estimate of drug-likeness (QED) is 0.148. The molecule has 0 aliphatic carbocycles. The van der Waals surface area contributed by atoms with Gasteiger partial charge in [0.1, 0.15) is 15.6 Å². The highest BCUT2D eigenvalue weighted by Crippen LogP contribution is 2.50. The van der Waals surface area contributed by atoms with Crippen LogP contribution in [-0.4, -0.2) is 48.9 Å². The molecule has 0 N–H and O–H groups in total. The first kappa shape index (κ1) is 29.5. The Balaban J connectivity index is 1.53. The number of nitrogens with zero attached hydrogens (tertiary/aromatic N) is 6. The summed E-state index contributed by atoms with van der Waals surface area (Å²) in [7, 11) is -2.54. The van der Waals surface area contributed by atoms with Crippen LogP contribution in [0.1, 0.15) is 40.2 Å². The maximum absolute atomic E-state index is 13.0. The molecule has 8 nitrogen and oxygen atoms in total. The van der Waals surface area contributed by atoms with Crippen LogP contribution in [0.15, 0.2) is 102 Å². The number of rotatable bonds is 5. The SMILES string of the molecule is C[C@H]1C[C@@H](n2nc(I)c3c(N=P(c4ccccc4)(c4ccccc4)c4ccccc4)ncnc32)CN1C(=O)OC(C)(C)C. The monoisotopic (exact) mass is 704 g/mol. The lowest BCUT2D eigenvalue weighted by atomic mass is 10.2. The molecule has 6 rings (SSSR count). The molecule has 1 aliphatic heterocycles. The van der Waals surface area contributed by atoms with Crippen molar-refractivity contribution in [3.63, 3.8) is 0 Å². The van der Waals surface area contributed by atoms with Gasteiger partial charge in [-0.3, -0.25) is 0 Å². The first-order chi connectivity index (χ1) is 20.7. The van der Waals surface area contributed by atoms with Crippen molar-refractivity contribution in [3.8, 4) is 0 Å². The Bertz CT molecular complexity index is 1700. The summed E-state index contributed by atoms with van der Waals surface area (Å²) >= 11 is 2.26. The Kier molecular flexibility index (Phi) is 8.13. The number of likely N-dealkylation sites (tertiary alicyclic amines) is 1. The Labute approximate surface area is 265 Å². The van der Waals surface area contributed by atoms with E-state index in [1.54, 1.807) is 11.2 Å². The summed E-state index contributed by atoms with van der Waals surface area (Å²) in [5.74, 6) is 0.612. The van der Waals surface area contributed by atoms with E-state index in [1.165, 1.54) is 0 Å². The molecule has 1 fully saturated rings. The Morgan fingerprint density at radius 3 is 1.95 bits per heavy atom. The fraction of sp³-hybridized carbons (Fsp3) is 0.273. The Morgan fingerprint density at radius 2 is 1.44 bits per heavy atom. The number of benzene rings is 3. The van der Waals surface area contributed by atoms with Crippen molar-refractivity contribution in [1.82, 2.24) is 24.6 Å².